The Morgan fingerprint density at radius 1 is 1.50 bits per heavy atom. The van der Waals surface area contributed by atoms with E-state index in [1.807, 2.05) is 19.2 Å². The van der Waals surface area contributed by atoms with Crippen molar-refractivity contribution in [2.75, 3.05) is 19.6 Å². The molecule has 2 N–H and O–H groups in total. The van der Waals surface area contributed by atoms with Crippen molar-refractivity contribution >= 4 is 0 Å². The molecule has 0 saturated heterocycles. The zero-order valence-corrected chi connectivity index (χ0v) is 9.03. The summed E-state index contributed by atoms with van der Waals surface area (Å²) in [5.74, 6) is 0. The number of pyridine rings is 1. The monoisotopic (exact) mass is 193 g/mol. The number of hydrogen-bond donors (Lipinski definition) is 1. The highest BCUT2D eigenvalue weighted by molar-refractivity contribution is 5.17. The van der Waals surface area contributed by atoms with Crippen molar-refractivity contribution in [1.29, 1.82) is 0 Å². The van der Waals surface area contributed by atoms with Crippen LogP contribution in [0.25, 0.3) is 0 Å². The van der Waals surface area contributed by atoms with Gasteiger partial charge in [-0.15, -0.1) is 0 Å². The number of nitrogens with zero attached hydrogens (tertiary/aromatic N) is 2. The van der Waals surface area contributed by atoms with Crippen molar-refractivity contribution in [3.63, 3.8) is 0 Å². The first-order chi connectivity index (χ1) is 6.77. The molecule has 0 aliphatic carbocycles. The van der Waals surface area contributed by atoms with E-state index in [2.05, 4.69) is 22.9 Å². The molecule has 3 nitrogen and oxygen atoms in total. The summed E-state index contributed by atoms with van der Waals surface area (Å²) in [6.07, 6.45) is 1.83. The van der Waals surface area contributed by atoms with Crippen LogP contribution in [0.5, 0.6) is 0 Å². The van der Waals surface area contributed by atoms with Crippen molar-refractivity contribution < 1.29 is 0 Å². The average molecular weight is 193 g/mol. The van der Waals surface area contributed by atoms with Gasteiger partial charge < -0.3 is 5.73 Å². The van der Waals surface area contributed by atoms with Crippen LogP contribution in [0.1, 0.15) is 18.2 Å². The molecule has 3 heteroatoms. The zero-order chi connectivity index (χ0) is 10.4. The van der Waals surface area contributed by atoms with Crippen LogP contribution in [0.15, 0.2) is 18.3 Å². The lowest BCUT2D eigenvalue weighted by Gasteiger charge is -2.19. The van der Waals surface area contributed by atoms with Gasteiger partial charge in [0.05, 0.1) is 0 Å². The Balaban J connectivity index is 2.62. The molecule has 0 aromatic carbocycles. The second-order valence-corrected chi connectivity index (χ2v) is 3.41. The summed E-state index contributed by atoms with van der Waals surface area (Å²) in [7, 11) is 0. The summed E-state index contributed by atoms with van der Waals surface area (Å²) in [5.41, 5.74) is 7.95. The highest BCUT2D eigenvalue weighted by Gasteiger charge is 2.04. The van der Waals surface area contributed by atoms with Gasteiger partial charge in [0.1, 0.15) is 0 Å². The van der Waals surface area contributed by atoms with Crippen molar-refractivity contribution in [1.82, 2.24) is 9.88 Å². The Morgan fingerprint density at radius 2 is 2.29 bits per heavy atom. The zero-order valence-electron chi connectivity index (χ0n) is 9.03. The maximum Gasteiger partial charge on any atom is 0.0417 e. The van der Waals surface area contributed by atoms with E-state index in [1.165, 1.54) is 5.56 Å². The smallest absolute Gasteiger partial charge is 0.0417 e. The largest absolute Gasteiger partial charge is 0.329 e. The minimum atomic E-state index is 0.715. The van der Waals surface area contributed by atoms with E-state index in [-0.39, 0.29) is 0 Å². The third-order valence-electron chi connectivity index (χ3n) is 2.40. The molecule has 1 heterocycles. The molecule has 1 rings (SSSR count). The van der Waals surface area contributed by atoms with Crippen molar-refractivity contribution in [2.45, 2.75) is 20.4 Å². The number of rotatable bonds is 5. The first-order valence-electron chi connectivity index (χ1n) is 5.10. The highest BCUT2D eigenvalue weighted by atomic mass is 15.1. The number of hydrogen-bond acceptors (Lipinski definition) is 3. The van der Waals surface area contributed by atoms with Gasteiger partial charge in [0.25, 0.3) is 0 Å². The van der Waals surface area contributed by atoms with Gasteiger partial charge >= 0.3 is 0 Å². The lowest BCUT2D eigenvalue weighted by atomic mass is 10.2. The van der Waals surface area contributed by atoms with Gasteiger partial charge in [-0.05, 0) is 25.1 Å². The molecular weight excluding hydrogens is 174 g/mol. The molecule has 14 heavy (non-hydrogen) atoms. The Hall–Kier alpha value is -0.930. The quantitative estimate of drug-likeness (QED) is 0.763. The molecule has 0 amide bonds. The predicted molar refractivity (Wildman–Crippen MR) is 59.0 cm³/mol. The van der Waals surface area contributed by atoms with Gasteiger partial charge in [-0.2, -0.15) is 0 Å². The van der Waals surface area contributed by atoms with Crippen LogP contribution in [-0.2, 0) is 6.54 Å². The minimum absolute atomic E-state index is 0.715. The van der Waals surface area contributed by atoms with E-state index in [1.54, 1.807) is 0 Å². The molecular formula is C11H19N3. The van der Waals surface area contributed by atoms with E-state index in [0.717, 1.165) is 25.3 Å². The number of likely N-dealkylation sites (N-methyl/N-ethyl adjacent to an activating group) is 1. The van der Waals surface area contributed by atoms with Gasteiger partial charge in [0.2, 0.25) is 0 Å². The van der Waals surface area contributed by atoms with E-state index in [4.69, 9.17) is 5.73 Å². The summed E-state index contributed by atoms with van der Waals surface area (Å²) in [6, 6.07) is 4.11. The van der Waals surface area contributed by atoms with Crippen LogP contribution < -0.4 is 5.73 Å². The molecule has 78 valence electrons. The number of aromatic nitrogens is 1. The van der Waals surface area contributed by atoms with E-state index in [9.17, 15) is 0 Å². The predicted octanol–water partition coefficient (Wildman–Crippen LogP) is 1.17. The van der Waals surface area contributed by atoms with Crippen LogP contribution in [0.2, 0.25) is 0 Å². The van der Waals surface area contributed by atoms with Crippen LogP contribution in [-0.4, -0.2) is 29.5 Å². The molecule has 0 fully saturated rings. The lowest BCUT2D eigenvalue weighted by molar-refractivity contribution is 0.287. The van der Waals surface area contributed by atoms with Crippen molar-refractivity contribution in [3.05, 3.63) is 29.6 Å². The molecule has 0 bridgehead atoms. The van der Waals surface area contributed by atoms with E-state index >= 15 is 0 Å². The van der Waals surface area contributed by atoms with Gasteiger partial charge in [0, 0.05) is 31.5 Å². The second kappa shape index (κ2) is 5.73. The molecule has 0 atom stereocenters. The maximum absolute atomic E-state index is 5.54. The molecule has 1 aromatic rings. The van der Waals surface area contributed by atoms with Gasteiger partial charge in [-0.3, -0.25) is 9.88 Å². The van der Waals surface area contributed by atoms with Gasteiger partial charge in [0.15, 0.2) is 0 Å². The third kappa shape index (κ3) is 3.09. The highest BCUT2D eigenvalue weighted by Crippen LogP contribution is 2.07. The first kappa shape index (κ1) is 11.1. The molecule has 0 unspecified atom stereocenters. The lowest BCUT2D eigenvalue weighted by Crippen LogP contribution is -2.29. The van der Waals surface area contributed by atoms with Crippen LogP contribution in [0.3, 0.4) is 0 Å². The van der Waals surface area contributed by atoms with Crippen molar-refractivity contribution in [2.24, 2.45) is 5.73 Å². The van der Waals surface area contributed by atoms with Crippen molar-refractivity contribution in [3.8, 4) is 0 Å². The fraction of sp³-hybridized carbons (Fsp3) is 0.545. The van der Waals surface area contributed by atoms with Crippen LogP contribution >= 0.6 is 0 Å². The SMILES string of the molecule is CCN(CCN)Cc1cccnc1C. The average Bonchev–Trinajstić information content (AvgIpc) is 2.20. The summed E-state index contributed by atoms with van der Waals surface area (Å²) in [4.78, 5) is 6.59. The number of nitrogens with two attached hydrogens (primary N) is 1. The summed E-state index contributed by atoms with van der Waals surface area (Å²) < 4.78 is 0. The van der Waals surface area contributed by atoms with Crippen LogP contribution in [0, 0.1) is 6.92 Å². The Morgan fingerprint density at radius 3 is 2.86 bits per heavy atom. The van der Waals surface area contributed by atoms with Crippen LogP contribution in [0.4, 0.5) is 0 Å². The Labute approximate surface area is 85.9 Å². The molecule has 0 saturated carbocycles. The Kier molecular flexibility index (Phi) is 4.56. The Bertz CT molecular complexity index is 273. The normalized spacial score (nSPS) is 10.9. The summed E-state index contributed by atoms with van der Waals surface area (Å²) in [6.45, 7) is 7.85. The topological polar surface area (TPSA) is 42.1 Å². The molecule has 0 spiro atoms. The minimum Gasteiger partial charge on any atom is -0.329 e. The van der Waals surface area contributed by atoms with Gasteiger partial charge in [-0.1, -0.05) is 13.0 Å². The summed E-state index contributed by atoms with van der Waals surface area (Å²) >= 11 is 0. The van der Waals surface area contributed by atoms with E-state index in [0.29, 0.717) is 6.54 Å². The third-order valence-corrected chi connectivity index (χ3v) is 2.40. The number of aryl methyl sites for hydroxylation is 1. The standard InChI is InChI=1S/C11H19N3/c1-3-14(8-6-12)9-11-5-4-7-13-10(11)2/h4-5,7H,3,6,8-9,12H2,1-2H3. The van der Waals surface area contributed by atoms with Gasteiger partial charge in [-0.25, -0.2) is 0 Å². The molecule has 0 aliphatic rings. The second-order valence-electron chi connectivity index (χ2n) is 3.41. The first-order valence-corrected chi connectivity index (χ1v) is 5.10. The molecule has 1 aromatic heterocycles. The maximum atomic E-state index is 5.54. The summed E-state index contributed by atoms with van der Waals surface area (Å²) in [5, 5.41) is 0. The van der Waals surface area contributed by atoms with E-state index < -0.39 is 0 Å². The fourth-order valence-corrected chi connectivity index (χ4v) is 1.46. The molecule has 0 radical (unpaired) electrons. The fourth-order valence-electron chi connectivity index (χ4n) is 1.46. The molecule has 0 aliphatic heterocycles.